The summed E-state index contributed by atoms with van der Waals surface area (Å²) in [6, 6.07) is 8.76. The summed E-state index contributed by atoms with van der Waals surface area (Å²) in [5, 5.41) is 13.8. The van der Waals surface area contributed by atoms with Crippen molar-refractivity contribution in [3.63, 3.8) is 0 Å². The minimum atomic E-state index is -0.374. The highest BCUT2D eigenvalue weighted by Crippen LogP contribution is 2.12. The first-order chi connectivity index (χ1) is 9.06. The van der Waals surface area contributed by atoms with Crippen LogP contribution in [0.25, 0.3) is 0 Å². The Kier molecular flexibility index (Phi) is 5.51. The van der Waals surface area contributed by atoms with Gasteiger partial charge in [-0.1, -0.05) is 12.1 Å². The van der Waals surface area contributed by atoms with Gasteiger partial charge in [-0.05, 0) is 24.6 Å². The van der Waals surface area contributed by atoms with E-state index >= 15 is 0 Å². The summed E-state index contributed by atoms with van der Waals surface area (Å²) in [4.78, 5) is 22.4. The normalized spacial score (nSPS) is 11.2. The van der Waals surface area contributed by atoms with Crippen molar-refractivity contribution < 1.29 is 9.59 Å². The SMILES string of the molecule is CC(NC(=O)CNC(=O)CN)c1ccc(C#N)cc1. The topological polar surface area (TPSA) is 108 Å². The van der Waals surface area contributed by atoms with Crippen molar-refractivity contribution in [2.24, 2.45) is 5.73 Å². The molecular formula is C13H16N4O2. The highest BCUT2D eigenvalue weighted by Gasteiger charge is 2.10. The molecule has 6 heteroatoms. The van der Waals surface area contributed by atoms with E-state index in [0.29, 0.717) is 5.56 Å². The van der Waals surface area contributed by atoms with Crippen molar-refractivity contribution in [2.45, 2.75) is 13.0 Å². The van der Waals surface area contributed by atoms with Crippen LogP contribution < -0.4 is 16.4 Å². The summed E-state index contributed by atoms with van der Waals surface area (Å²) < 4.78 is 0. The second-order valence-electron chi connectivity index (χ2n) is 4.00. The third-order valence-electron chi connectivity index (χ3n) is 2.55. The largest absolute Gasteiger partial charge is 0.348 e. The third kappa shape index (κ3) is 4.77. The standard InChI is InChI=1S/C13H16N4O2/c1-9(11-4-2-10(6-14)3-5-11)17-13(19)8-16-12(18)7-15/h2-5,9H,7-8,15H2,1H3,(H,16,18)(H,17,19). The van der Waals surface area contributed by atoms with E-state index in [-0.39, 0.29) is 30.9 Å². The number of nitrogens with one attached hydrogen (secondary N) is 2. The fraction of sp³-hybridized carbons (Fsp3) is 0.308. The summed E-state index contributed by atoms with van der Waals surface area (Å²) >= 11 is 0. The number of benzene rings is 1. The van der Waals surface area contributed by atoms with Crippen molar-refractivity contribution in [3.8, 4) is 6.07 Å². The Morgan fingerprint density at radius 2 is 1.95 bits per heavy atom. The molecule has 1 aromatic carbocycles. The van der Waals surface area contributed by atoms with Gasteiger partial charge in [-0.15, -0.1) is 0 Å². The van der Waals surface area contributed by atoms with Gasteiger partial charge in [0.1, 0.15) is 0 Å². The molecule has 19 heavy (non-hydrogen) atoms. The molecule has 0 aliphatic heterocycles. The van der Waals surface area contributed by atoms with Crippen molar-refractivity contribution in [2.75, 3.05) is 13.1 Å². The zero-order valence-electron chi connectivity index (χ0n) is 10.6. The molecule has 0 aromatic heterocycles. The molecule has 1 aromatic rings. The summed E-state index contributed by atoms with van der Waals surface area (Å²) in [6.07, 6.45) is 0. The van der Waals surface area contributed by atoms with Gasteiger partial charge in [-0.25, -0.2) is 0 Å². The van der Waals surface area contributed by atoms with Gasteiger partial charge in [-0.3, -0.25) is 9.59 Å². The summed E-state index contributed by atoms with van der Waals surface area (Å²) in [5.74, 6) is -0.667. The predicted octanol–water partition coefficient (Wildman–Crippen LogP) is -0.190. The number of nitriles is 1. The van der Waals surface area contributed by atoms with Crippen LogP contribution in [-0.2, 0) is 9.59 Å². The van der Waals surface area contributed by atoms with E-state index < -0.39 is 0 Å². The molecule has 0 fully saturated rings. The van der Waals surface area contributed by atoms with Crippen LogP contribution in [0.15, 0.2) is 24.3 Å². The molecule has 0 saturated carbocycles. The first-order valence-electron chi connectivity index (χ1n) is 5.83. The van der Waals surface area contributed by atoms with Crippen molar-refractivity contribution >= 4 is 11.8 Å². The highest BCUT2D eigenvalue weighted by molar-refractivity contribution is 5.85. The van der Waals surface area contributed by atoms with Crippen LogP contribution >= 0.6 is 0 Å². The Morgan fingerprint density at radius 3 is 2.47 bits per heavy atom. The van der Waals surface area contributed by atoms with Crippen LogP contribution in [-0.4, -0.2) is 24.9 Å². The second kappa shape index (κ2) is 7.13. The average Bonchev–Trinajstić information content (AvgIpc) is 2.44. The molecule has 0 heterocycles. The predicted molar refractivity (Wildman–Crippen MR) is 69.8 cm³/mol. The van der Waals surface area contributed by atoms with Crippen LogP contribution in [0.5, 0.6) is 0 Å². The first kappa shape index (κ1) is 14.7. The molecule has 0 saturated heterocycles. The van der Waals surface area contributed by atoms with Crippen molar-refractivity contribution in [1.82, 2.24) is 10.6 Å². The summed E-state index contributed by atoms with van der Waals surface area (Å²) in [5.41, 5.74) is 6.56. The molecule has 100 valence electrons. The van der Waals surface area contributed by atoms with Crippen molar-refractivity contribution in [3.05, 3.63) is 35.4 Å². The smallest absolute Gasteiger partial charge is 0.239 e. The van der Waals surface area contributed by atoms with Gasteiger partial charge in [0, 0.05) is 0 Å². The molecule has 0 bridgehead atoms. The van der Waals surface area contributed by atoms with E-state index in [1.165, 1.54) is 0 Å². The van der Waals surface area contributed by atoms with E-state index in [2.05, 4.69) is 10.6 Å². The lowest BCUT2D eigenvalue weighted by molar-refractivity contribution is -0.125. The number of hydrogen-bond acceptors (Lipinski definition) is 4. The Bertz CT molecular complexity index is 490. The molecule has 2 amide bonds. The monoisotopic (exact) mass is 260 g/mol. The highest BCUT2D eigenvalue weighted by atomic mass is 16.2. The lowest BCUT2D eigenvalue weighted by atomic mass is 10.1. The number of carbonyl (C=O) groups excluding carboxylic acids is 2. The van der Waals surface area contributed by atoms with Crippen LogP contribution in [0.2, 0.25) is 0 Å². The van der Waals surface area contributed by atoms with Gasteiger partial charge >= 0.3 is 0 Å². The molecule has 4 N–H and O–H groups in total. The van der Waals surface area contributed by atoms with E-state index in [1.54, 1.807) is 24.3 Å². The third-order valence-corrected chi connectivity index (χ3v) is 2.55. The van der Waals surface area contributed by atoms with Gasteiger partial charge in [0.15, 0.2) is 0 Å². The van der Waals surface area contributed by atoms with Gasteiger partial charge in [0.05, 0.1) is 30.8 Å². The molecular weight excluding hydrogens is 244 g/mol. The minimum absolute atomic E-state index is 0.101. The van der Waals surface area contributed by atoms with E-state index in [9.17, 15) is 9.59 Å². The average molecular weight is 260 g/mol. The molecule has 1 atom stereocenters. The van der Waals surface area contributed by atoms with Crippen LogP contribution in [0.4, 0.5) is 0 Å². The lowest BCUT2D eigenvalue weighted by Gasteiger charge is -2.14. The van der Waals surface area contributed by atoms with E-state index in [4.69, 9.17) is 11.0 Å². The fourth-order valence-corrected chi connectivity index (χ4v) is 1.47. The number of carbonyl (C=O) groups is 2. The van der Waals surface area contributed by atoms with E-state index in [1.807, 2.05) is 13.0 Å². The number of nitrogens with two attached hydrogens (primary N) is 1. The molecule has 0 radical (unpaired) electrons. The molecule has 0 aliphatic rings. The van der Waals surface area contributed by atoms with Crippen molar-refractivity contribution in [1.29, 1.82) is 5.26 Å². The summed E-state index contributed by atoms with van der Waals surface area (Å²) in [6.45, 7) is 1.58. The molecule has 1 unspecified atom stereocenters. The molecule has 6 nitrogen and oxygen atoms in total. The van der Waals surface area contributed by atoms with Crippen LogP contribution in [0.3, 0.4) is 0 Å². The van der Waals surface area contributed by atoms with Gasteiger partial charge in [0.2, 0.25) is 11.8 Å². The minimum Gasteiger partial charge on any atom is -0.348 e. The summed E-state index contributed by atoms with van der Waals surface area (Å²) in [7, 11) is 0. The molecule has 0 spiro atoms. The fourth-order valence-electron chi connectivity index (χ4n) is 1.47. The quantitative estimate of drug-likeness (QED) is 0.681. The Hall–Kier alpha value is -2.39. The molecule has 0 aliphatic carbocycles. The Morgan fingerprint density at radius 1 is 1.32 bits per heavy atom. The maximum absolute atomic E-state index is 11.6. The number of amides is 2. The molecule has 1 rings (SSSR count). The van der Waals surface area contributed by atoms with Gasteiger partial charge < -0.3 is 16.4 Å². The second-order valence-corrected chi connectivity index (χ2v) is 4.00. The van der Waals surface area contributed by atoms with Gasteiger partial charge in [-0.2, -0.15) is 5.26 Å². The number of nitrogens with zero attached hydrogens (tertiary/aromatic N) is 1. The Labute approximate surface area is 111 Å². The Balaban J connectivity index is 2.49. The lowest BCUT2D eigenvalue weighted by Crippen LogP contribution is -2.40. The maximum atomic E-state index is 11.6. The van der Waals surface area contributed by atoms with Crippen LogP contribution in [0, 0.1) is 11.3 Å². The van der Waals surface area contributed by atoms with Crippen LogP contribution in [0.1, 0.15) is 24.1 Å². The number of hydrogen-bond donors (Lipinski definition) is 3. The zero-order valence-corrected chi connectivity index (χ0v) is 10.6. The zero-order chi connectivity index (χ0) is 14.3. The number of rotatable bonds is 5. The van der Waals surface area contributed by atoms with E-state index in [0.717, 1.165) is 5.56 Å². The first-order valence-corrected chi connectivity index (χ1v) is 5.83. The maximum Gasteiger partial charge on any atom is 0.239 e. The van der Waals surface area contributed by atoms with Gasteiger partial charge in [0.25, 0.3) is 0 Å².